The second-order valence-electron chi connectivity index (χ2n) is 7.42. The maximum atomic E-state index is 12.6. The van der Waals surface area contributed by atoms with Crippen LogP contribution in [0.4, 0.5) is 5.69 Å². The average molecular weight is 456 g/mol. The minimum Gasteiger partial charge on any atom is -0.467 e. The predicted octanol–water partition coefficient (Wildman–Crippen LogP) is 3.13. The maximum Gasteiger partial charge on any atom is 0.261 e. The quantitative estimate of drug-likeness (QED) is 0.482. The smallest absolute Gasteiger partial charge is 0.261 e. The van der Waals surface area contributed by atoms with Crippen molar-refractivity contribution in [3.8, 4) is 0 Å². The highest BCUT2D eigenvalue weighted by atomic mass is 32.2. The van der Waals surface area contributed by atoms with Gasteiger partial charge in [-0.3, -0.25) is 14.3 Å². The molecule has 0 fully saturated rings. The molecule has 8 nitrogen and oxygen atoms in total. The van der Waals surface area contributed by atoms with Gasteiger partial charge in [-0.1, -0.05) is 6.07 Å². The zero-order valence-electron chi connectivity index (χ0n) is 18.0. The monoisotopic (exact) mass is 455 g/mol. The maximum absolute atomic E-state index is 12.6. The molecule has 3 aromatic rings. The summed E-state index contributed by atoms with van der Waals surface area (Å²) in [6, 6.07) is 13.6. The van der Waals surface area contributed by atoms with E-state index >= 15 is 0 Å². The summed E-state index contributed by atoms with van der Waals surface area (Å²) in [6.07, 6.45) is 1.51. The van der Waals surface area contributed by atoms with Crippen molar-refractivity contribution in [3.63, 3.8) is 0 Å². The normalized spacial score (nSPS) is 12.1. The van der Waals surface area contributed by atoms with Gasteiger partial charge in [-0.2, -0.15) is 0 Å². The first-order valence-electron chi connectivity index (χ1n) is 9.97. The van der Waals surface area contributed by atoms with Crippen LogP contribution < -0.4 is 15.4 Å². The standard InChI is InChI=1S/C23H25N3O5S/c1-15-6-11-21(13-16(15)2)32(29,30)26-19-9-7-18(8-10-19)23(28)25-17(3)22(27)24-14-20-5-4-12-31-20/h4-13,17,26H,14H2,1-3H3,(H,24,27)(H,25,28). The molecule has 1 heterocycles. The van der Waals surface area contributed by atoms with Crippen molar-refractivity contribution < 1.29 is 22.4 Å². The lowest BCUT2D eigenvalue weighted by molar-refractivity contribution is -0.122. The van der Waals surface area contributed by atoms with E-state index in [0.717, 1.165) is 11.1 Å². The van der Waals surface area contributed by atoms with Crippen molar-refractivity contribution in [1.82, 2.24) is 10.6 Å². The van der Waals surface area contributed by atoms with Gasteiger partial charge in [-0.25, -0.2) is 8.42 Å². The van der Waals surface area contributed by atoms with Gasteiger partial charge in [0.25, 0.3) is 15.9 Å². The lowest BCUT2D eigenvalue weighted by Gasteiger charge is -2.14. The van der Waals surface area contributed by atoms with Crippen molar-refractivity contribution in [2.75, 3.05) is 4.72 Å². The number of amides is 2. The van der Waals surface area contributed by atoms with E-state index in [1.165, 1.54) is 30.5 Å². The first kappa shape index (κ1) is 23.1. The van der Waals surface area contributed by atoms with Crippen molar-refractivity contribution in [3.05, 3.63) is 83.3 Å². The molecule has 0 saturated heterocycles. The minimum absolute atomic E-state index is 0.164. The van der Waals surface area contributed by atoms with Gasteiger partial charge in [0.2, 0.25) is 5.91 Å². The molecule has 0 radical (unpaired) electrons. The van der Waals surface area contributed by atoms with Gasteiger partial charge in [0.1, 0.15) is 11.8 Å². The molecule has 2 amide bonds. The first-order valence-corrected chi connectivity index (χ1v) is 11.4. The number of sulfonamides is 1. The summed E-state index contributed by atoms with van der Waals surface area (Å²) in [5.41, 5.74) is 2.50. The van der Waals surface area contributed by atoms with Crippen LogP contribution in [-0.2, 0) is 21.4 Å². The molecule has 3 N–H and O–H groups in total. The third-order valence-corrected chi connectivity index (χ3v) is 6.32. The van der Waals surface area contributed by atoms with Gasteiger partial charge in [0, 0.05) is 11.3 Å². The fourth-order valence-corrected chi connectivity index (χ4v) is 4.01. The number of benzene rings is 2. The van der Waals surface area contributed by atoms with Gasteiger partial charge < -0.3 is 15.1 Å². The summed E-state index contributed by atoms with van der Waals surface area (Å²) in [5.74, 6) is -0.197. The summed E-state index contributed by atoms with van der Waals surface area (Å²) < 4.78 is 32.9. The molecule has 0 spiro atoms. The Morgan fingerprint density at radius 3 is 2.34 bits per heavy atom. The predicted molar refractivity (Wildman–Crippen MR) is 121 cm³/mol. The molecule has 0 aliphatic rings. The van der Waals surface area contributed by atoms with E-state index in [1.807, 2.05) is 13.8 Å². The van der Waals surface area contributed by atoms with Gasteiger partial charge >= 0.3 is 0 Å². The van der Waals surface area contributed by atoms with Crippen LogP contribution in [0.2, 0.25) is 0 Å². The molecule has 1 atom stereocenters. The molecule has 0 bridgehead atoms. The van der Waals surface area contributed by atoms with Crippen LogP contribution in [0, 0.1) is 13.8 Å². The van der Waals surface area contributed by atoms with E-state index in [4.69, 9.17) is 4.42 Å². The molecular formula is C23H25N3O5S. The molecule has 0 saturated carbocycles. The van der Waals surface area contributed by atoms with Gasteiger partial charge in [-0.15, -0.1) is 0 Å². The Kier molecular flexibility index (Phi) is 6.99. The van der Waals surface area contributed by atoms with Crippen LogP contribution in [0.15, 0.2) is 70.2 Å². The largest absolute Gasteiger partial charge is 0.467 e. The number of rotatable bonds is 8. The van der Waals surface area contributed by atoms with Crippen molar-refractivity contribution in [1.29, 1.82) is 0 Å². The molecule has 0 aliphatic heterocycles. The van der Waals surface area contributed by atoms with Crippen molar-refractivity contribution in [2.45, 2.75) is 38.3 Å². The zero-order valence-corrected chi connectivity index (χ0v) is 18.8. The third kappa shape index (κ3) is 5.76. The van der Waals surface area contributed by atoms with E-state index in [1.54, 1.807) is 37.3 Å². The van der Waals surface area contributed by atoms with E-state index in [2.05, 4.69) is 15.4 Å². The van der Waals surface area contributed by atoms with E-state index in [-0.39, 0.29) is 17.3 Å². The molecule has 168 valence electrons. The highest BCUT2D eigenvalue weighted by Gasteiger charge is 2.18. The lowest BCUT2D eigenvalue weighted by atomic mass is 10.1. The van der Waals surface area contributed by atoms with Crippen molar-refractivity contribution >= 4 is 27.5 Å². The fraction of sp³-hybridized carbons (Fsp3) is 0.217. The highest BCUT2D eigenvalue weighted by Crippen LogP contribution is 2.19. The Hall–Kier alpha value is -3.59. The SMILES string of the molecule is Cc1ccc(S(=O)(=O)Nc2ccc(C(=O)NC(C)C(=O)NCc3ccco3)cc2)cc1C. The second kappa shape index (κ2) is 9.69. The highest BCUT2D eigenvalue weighted by molar-refractivity contribution is 7.92. The van der Waals surface area contributed by atoms with Gasteiger partial charge in [-0.05, 0) is 80.4 Å². The molecule has 9 heteroatoms. The van der Waals surface area contributed by atoms with E-state index < -0.39 is 22.0 Å². The van der Waals surface area contributed by atoms with Crippen LogP contribution in [0.25, 0.3) is 0 Å². The Bertz CT molecular complexity index is 1200. The Balaban J connectivity index is 1.58. The van der Waals surface area contributed by atoms with E-state index in [0.29, 0.717) is 17.0 Å². The first-order chi connectivity index (χ1) is 15.2. The molecule has 1 aromatic heterocycles. The van der Waals surface area contributed by atoms with Gasteiger partial charge in [0.05, 0.1) is 17.7 Å². The number of furan rings is 1. The number of hydrogen-bond acceptors (Lipinski definition) is 5. The molecule has 0 aliphatic carbocycles. The molecule has 3 rings (SSSR count). The summed E-state index contributed by atoms with van der Waals surface area (Å²) in [5, 5.41) is 5.29. The third-order valence-electron chi connectivity index (χ3n) is 4.95. The number of aryl methyl sites for hydroxylation is 2. The zero-order chi connectivity index (χ0) is 23.3. The van der Waals surface area contributed by atoms with Crippen LogP contribution in [0.3, 0.4) is 0 Å². The molecular weight excluding hydrogens is 430 g/mol. The topological polar surface area (TPSA) is 118 Å². The Labute approximate surface area is 187 Å². The Morgan fingerprint density at radius 2 is 1.72 bits per heavy atom. The molecule has 1 unspecified atom stereocenters. The van der Waals surface area contributed by atoms with E-state index in [9.17, 15) is 18.0 Å². The minimum atomic E-state index is -3.75. The number of hydrogen-bond donors (Lipinski definition) is 3. The van der Waals surface area contributed by atoms with Gasteiger partial charge in [0.15, 0.2) is 0 Å². The van der Waals surface area contributed by atoms with Crippen LogP contribution in [-0.4, -0.2) is 26.3 Å². The van der Waals surface area contributed by atoms with Crippen LogP contribution in [0.1, 0.15) is 34.2 Å². The number of carbonyl (C=O) groups excluding carboxylic acids is 2. The second-order valence-corrected chi connectivity index (χ2v) is 9.10. The summed E-state index contributed by atoms with van der Waals surface area (Å²) >= 11 is 0. The number of nitrogens with one attached hydrogen (secondary N) is 3. The summed E-state index contributed by atoms with van der Waals surface area (Å²) in [4.78, 5) is 24.7. The summed E-state index contributed by atoms with van der Waals surface area (Å²) in [7, 11) is -3.75. The van der Waals surface area contributed by atoms with Crippen LogP contribution in [0.5, 0.6) is 0 Å². The fourth-order valence-electron chi connectivity index (χ4n) is 2.87. The number of carbonyl (C=O) groups is 2. The van der Waals surface area contributed by atoms with Crippen molar-refractivity contribution in [2.24, 2.45) is 0 Å². The molecule has 2 aromatic carbocycles. The Morgan fingerprint density at radius 1 is 1.00 bits per heavy atom. The summed E-state index contributed by atoms with van der Waals surface area (Å²) in [6.45, 7) is 5.55. The molecule has 32 heavy (non-hydrogen) atoms. The average Bonchev–Trinajstić information content (AvgIpc) is 3.27. The number of anilines is 1. The lowest BCUT2D eigenvalue weighted by Crippen LogP contribution is -2.44. The van der Waals surface area contributed by atoms with Crippen LogP contribution >= 0.6 is 0 Å².